The number of phenolic OH excluding ortho intramolecular Hbond substituents is 1. The highest BCUT2D eigenvalue weighted by atomic mass is 16.3. The molecule has 1 aromatic heterocycles. The molecule has 5 heteroatoms. The van der Waals surface area contributed by atoms with Crippen molar-refractivity contribution in [2.45, 2.75) is 19.4 Å². The number of phenols is 1. The van der Waals surface area contributed by atoms with Gasteiger partial charge in [0, 0.05) is 6.54 Å². The minimum absolute atomic E-state index is 0.0972. The van der Waals surface area contributed by atoms with Gasteiger partial charge < -0.3 is 14.4 Å². The van der Waals surface area contributed by atoms with Gasteiger partial charge in [0.15, 0.2) is 5.43 Å². The van der Waals surface area contributed by atoms with Gasteiger partial charge in [-0.25, -0.2) is 0 Å². The summed E-state index contributed by atoms with van der Waals surface area (Å²) in [6.07, 6.45) is 0.753. The number of nitrogens with zero attached hydrogens (tertiary/aromatic N) is 1. The van der Waals surface area contributed by atoms with E-state index in [4.69, 9.17) is 4.42 Å². The lowest BCUT2D eigenvalue weighted by molar-refractivity contribution is 0.0728. The normalized spacial score (nSPS) is 16.4. The zero-order valence-electron chi connectivity index (χ0n) is 13.7. The number of rotatable bonds is 3. The SMILES string of the molecule is CCCN1C(=O)c2oc3ccccc3c(=O)c2[C@@H]1c1cccc(O)c1. The average molecular weight is 335 g/mol. The highest BCUT2D eigenvalue weighted by Gasteiger charge is 2.42. The summed E-state index contributed by atoms with van der Waals surface area (Å²) in [7, 11) is 0. The summed E-state index contributed by atoms with van der Waals surface area (Å²) in [4.78, 5) is 27.6. The Balaban J connectivity index is 2.02. The second kappa shape index (κ2) is 5.77. The van der Waals surface area contributed by atoms with E-state index in [2.05, 4.69) is 0 Å². The summed E-state index contributed by atoms with van der Waals surface area (Å²) in [5, 5.41) is 10.3. The van der Waals surface area contributed by atoms with E-state index < -0.39 is 6.04 Å². The third kappa shape index (κ3) is 2.31. The molecular weight excluding hydrogens is 318 g/mol. The van der Waals surface area contributed by atoms with E-state index in [-0.39, 0.29) is 22.8 Å². The molecule has 1 N–H and O–H groups in total. The van der Waals surface area contributed by atoms with E-state index in [1.165, 1.54) is 0 Å². The van der Waals surface area contributed by atoms with Crippen molar-refractivity contribution in [3.05, 3.63) is 75.6 Å². The highest BCUT2D eigenvalue weighted by molar-refractivity contribution is 5.99. The summed E-state index contributed by atoms with van der Waals surface area (Å²) in [5.74, 6) is -0.0847. The number of benzene rings is 2. The van der Waals surface area contributed by atoms with Crippen molar-refractivity contribution in [2.24, 2.45) is 0 Å². The van der Waals surface area contributed by atoms with Gasteiger partial charge in [-0.15, -0.1) is 0 Å². The number of para-hydroxylation sites is 1. The number of carbonyl (C=O) groups excluding carboxylic acids is 1. The van der Waals surface area contributed by atoms with E-state index in [1.54, 1.807) is 47.4 Å². The maximum atomic E-state index is 13.1. The minimum Gasteiger partial charge on any atom is -0.508 e. The number of aromatic hydroxyl groups is 1. The van der Waals surface area contributed by atoms with Crippen molar-refractivity contribution in [3.8, 4) is 5.75 Å². The minimum atomic E-state index is -0.546. The lowest BCUT2D eigenvalue weighted by Crippen LogP contribution is -2.30. The lowest BCUT2D eigenvalue weighted by Gasteiger charge is -2.24. The smallest absolute Gasteiger partial charge is 0.290 e. The van der Waals surface area contributed by atoms with Crippen LogP contribution < -0.4 is 5.43 Å². The molecule has 25 heavy (non-hydrogen) atoms. The quantitative estimate of drug-likeness (QED) is 0.796. The van der Waals surface area contributed by atoms with Crippen molar-refractivity contribution in [1.82, 2.24) is 4.90 Å². The first-order valence-electron chi connectivity index (χ1n) is 8.27. The molecule has 1 atom stereocenters. The molecule has 4 rings (SSSR count). The Morgan fingerprint density at radius 2 is 1.92 bits per heavy atom. The van der Waals surface area contributed by atoms with E-state index in [9.17, 15) is 14.7 Å². The van der Waals surface area contributed by atoms with E-state index in [1.807, 2.05) is 13.0 Å². The highest BCUT2D eigenvalue weighted by Crippen LogP contribution is 2.38. The van der Waals surface area contributed by atoms with E-state index in [0.717, 1.165) is 6.42 Å². The van der Waals surface area contributed by atoms with Crippen LogP contribution in [0.25, 0.3) is 11.0 Å². The predicted molar refractivity (Wildman–Crippen MR) is 93.8 cm³/mol. The molecule has 0 saturated carbocycles. The molecule has 126 valence electrons. The standard InChI is InChI=1S/C20H17NO4/c1-2-10-21-17(12-6-5-7-13(22)11-12)16-18(23)14-8-3-4-9-15(14)25-19(16)20(21)24/h3-9,11,17,22H,2,10H2,1H3/t17-/m0/s1. The molecule has 0 fully saturated rings. The number of fused-ring (bicyclic) bond motifs is 2. The molecule has 2 aromatic carbocycles. The molecule has 1 aliphatic rings. The van der Waals surface area contributed by atoms with E-state index >= 15 is 0 Å². The molecule has 0 unspecified atom stereocenters. The summed E-state index contributed by atoms with van der Waals surface area (Å²) in [6.45, 7) is 2.47. The van der Waals surface area contributed by atoms with Crippen LogP contribution in [0.4, 0.5) is 0 Å². The first kappa shape index (κ1) is 15.4. The molecule has 5 nitrogen and oxygen atoms in total. The molecule has 0 spiro atoms. The van der Waals surface area contributed by atoms with Crippen molar-refractivity contribution in [3.63, 3.8) is 0 Å². The topological polar surface area (TPSA) is 70.8 Å². The monoisotopic (exact) mass is 335 g/mol. The molecule has 1 aliphatic heterocycles. The van der Waals surface area contributed by atoms with Crippen LogP contribution in [-0.2, 0) is 0 Å². The van der Waals surface area contributed by atoms with Crippen LogP contribution in [0, 0.1) is 0 Å². The first-order valence-corrected chi connectivity index (χ1v) is 8.27. The summed E-state index contributed by atoms with van der Waals surface area (Å²) in [6, 6.07) is 13.1. The van der Waals surface area contributed by atoms with Crippen LogP contribution in [0.1, 0.15) is 41.1 Å². The van der Waals surface area contributed by atoms with Gasteiger partial charge in [-0.2, -0.15) is 0 Å². The molecule has 0 bridgehead atoms. The van der Waals surface area contributed by atoms with Crippen LogP contribution in [0.2, 0.25) is 0 Å². The molecular formula is C20H17NO4. The summed E-state index contributed by atoms with van der Waals surface area (Å²) < 4.78 is 5.80. The lowest BCUT2D eigenvalue weighted by atomic mass is 9.98. The van der Waals surface area contributed by atoms with Gasteiger partial charge in [0.2, 0.25) is 5.76 Å². The Morgan fingerprint density at radius 3 is 2.68 bits per heavy atom. The Morgan fingerprint density at radius 1 is 1.12 bits per heavy atom. The third-order valence-corrected chi connectivity index (χ3v) is 4.52. The molecule has 0 aliphatic carbocycles. The average Bonchev–Trinajstić information content (AvgIpc) is 2.89. The Hall–Kier alpha value is -3.08. The van der Waals surface area contributed by atoms with Crippen LogP contribution >= 0.6 is 0 Å². The summed E-state index contributed by atoms with van der Waals surface area (Å²) in [5.41, 5.74) is 1.26. The van der Waals surface area contributed by atoms with Gasteiger partial charge in [-0.05, 0) is 36.2 Å². The number of hydrogen-bond donors (Lipinski definition) is 1. The van der Waals surface area contributed by atoms with Gasteiger partial charge in [0.25, 0.3) is 5.91 Å². The Kier molecular flexibility index (Phi) is 3.57. The Bertz CT molecular complexity index is 1040. The fourth-order valence-electron chi connectivity index (χ4n) is 3.48. The summed E-state index contributed by atoms with van der Waals surface area (Å²) >= 11 is 0. The number of hydrogen-bond acceptors (Lipinski definition) is 4. The first-order chi connectivity index (χ1) is 12.1. The molecule has 0 radical (unpaired) electrons. The predicted octanol–water partition coefficient (Wildman–Crippen LogP) is 3.45. The van der Waals surface area contributed by atoms with Crippen LogP contribution in [0.15, 0.2) is 57.7 Å². The maximum absolute atomic E-state index is 13.1. The Labute approximate surface area is 144 Å². The van der Waals surface area contributed by atoms with Gasteiger partial charge in [-0.3, -0.25) is 9.59 Å². The second-order valence-electron chi connectivity index (χ2n) is 6.17. The molecule has 0 saturated heterocycles. The van der Waals surface area contributed by atoms with Crippen LogP contribution in [0.3, 0.4) is 0 Å². The largest absolute Gasteiger partial charge is 0.508 e. The van der Waals surface area contributed by atoms with Crippen LogP contribution in [0.5, 0.6) is 5.75 Å². The third-order valence-electron chi connectivity index (χ3n) is 4.52. The number of amides is 1. The fourth-order valence-corrected chi connectivity index (χ4v) is 3.48. The van der Waals surface area contributed by atoms with Gasteiger partial charge in [0.1, 0.15) is 11.3 Å². The van der Waals surface area contributed by atoms with Gasteiger partial charge in [-0.1, -0.05) is 31.2 Å². The fraction of sp³-hybridized carbons (Fsp3) is 0.200. The van der Waals surface area contributed by atoms with Crippen LogP contribution in [-0.4, -0.2) is 22.5 Å². The molecule has 1 amide bonds. The van der Waals surface area contributed by atoms with Crippen molar-refractivity contribution in [1.29, 1.82) is 0 Å². The van der Waals surface area contributed by atoms with Gasteiger partial charge in [0.05, 0.1) is 17.0 Å². The zero-order chi connectivity index (χ0) is 17.6. The second-order valence-corrected chi connectivity index (χ2v) is 6.17. The van der Waals surface area contributed by atoms with Crippen molar-refractivity contribution >= 4 is 16.9 Å². The zero-order valence-corrected chi connectivity index (χ0v) is 13.7. The van der Waals surface area contributed by atoms with E-state index in [0.29, 0.717) is 28.6 Å². The number of carbonyl (C=O) groups is 1. The molecule has 3 aromatic rings. The van der Waals surface area contributed by atoms with Crippen molar-refractivity contribution in [2.75, 3.05) is 6.54 Å². The molecule has 2 heterocycles. The van der Waals surface area contributed by atoms with Crippen molar-refractivity contribution < 1.29 is 14.3 Å². The maximum Gasteiger partial charge on any atom is 0.290 e. The van der Waals surface area contributed by atoms with Gasteiger partial charge >= 0.3 is 0 Å².